The Morgan fingerprint density at radius 3 is 2.45 bits per heavy atom. The predicted octanol–water partition coefficient (Wildman–Crippen LogP) is 5.82. The number of pyridine rings is 1. The van der Waals surface area contributed by atoms with Gasteiger partial charge in [0, 0.05) is 17.3 Å². The van der Waals surface area contributed by atoms with Crippen LogP contribution in [0.25, 0.3) is 10.9 Å². The van der Waals surface area contributed by atoms with Gasteiger partial charge in [-0.25, -0.2) is 4.79 Å². The van der Waals surface area contributed by atoms with Crippen molar-refractivity contribution in [2.24, 2.45) is 0 Å². The molecule has 5 nitrogen and oxygen atoms in total. The third-order valence-corrected chi connectivity index (χ3v) is 6.55. The van der Waals surface area contributed by atoms with E-state index in [-0.39, 0.29) is 17.6 Å². The number of amides is 2. The number of urea groups is 1. The molecular weight excluding hydrogens is 386 g/mol. The van der Waals surface area contributed by atoms with Gasteiger partial charge in [0.2, 0.25) is 0 Å². The number of anilines is 1. The Morgan fingerprint density at radius 2 is 1.74 bits per heavy atom. The summed E-state index contributed by atoms with van der Waals surface area (Å²) in [5.41, 5.74) is 5.54. The SMILES string of the molecule is Cc1ccc(NC(=O)N(Cc2cc3ccc(C)c(C)c3[nH]c2=O)C2CCCCC2)cc1. The van der Waals surface area contributed by atoms with Crippen molar-refractivity contribution in [2.45, 2.75) is 65.5 Å². The number of carbonyl (C=O) groups is 1. The topological polar surface area (TPSA) is 65.2 Å². The molecule has 1 heterocycles. The first-order chi connectivity index (χ1) is 14.9. The third kappa shape index (κ3) is 4.66. The number of aromatic amines is 1. The van der Waals surface area contributed by atoms with E-state index < -0.39 is 0 Å². The van der Waals surface area contributed by atoms with Crippen LogP contribution in [-0.2, 0) is 6.54 Å². The van der Waals surface area contributed by atoms with Crippen molar-refractivity contribution in [2.75, 3.05) is 5.32 Å². The highest BCUT2D eigenvalue weighted by molar-refractivity contribution is 5.89. The van der Waals surface area contributed by atoms with Gasteiger partial charge in [-0.05, 0) is 68.3 Å². The Hall–Kier alpha value is -3.08. The van der Waals surface area contributed by atoms with Crippen molar-refractivity contribution in [1.29, 1.82) is 0 Å². The third-order valence-electron chi connectivity index (χ3n) is 6.55. The molecule has 4 rings (SSSR count). The van der Waals surface area contributed by atoms with Crippen LogP contribution in [0.15, 0.2) is 47.3 Å². The van der Waals surface area contributed by atoms with E-state index in [2.05, 4.69) is 16.4 Å². The normalized spacial score (nSPS) is 14.5. The molecule has 0 radical (unpaired) electrons. The lowest BCUT2D eigenvalue weighted by Gasteiger charge is -2.34. The number of aromatic nitrogens is 1. The summed E-state index contributed by atoms with van der Waals surface area (Å²) in [6, 6.07) is 13.9. The van der Waals surface area contributed by atoms with Gasteiger partial charge in [-0.2, -0.15) is 0 Å². The van der Waals surface area contributed by atoms with E-state index in [9.17, 15) is 9.59 Å². The minimum Gasteiger partial charge on any atom is -0.321 e. The summed E-state index contributed by atoms with van der Waals surface area (Å²) in [4.78, 5) is 31.1. The maximum atomic E-state index is 13.3. The Balaban J connectivity index is 1.64. The second-order valence-corrected chi connectivity index (χ2v) is 8.81. The van der Waals surface area contributed by atoms with Crippen LogP contribution in [0.2, 0.25) is 0 Å². The molecule has 2 N–H and O–H groups in total. The standard InChI is InChI=1S/C26H31N3O2/c1-17-9-13-22(14-10-17)27-26(31)29(23-7-5-4-6-8-23)16-21-15-20-12-11-18(2)19(3)24(20)28-25(21)30/h9-15,23H,4-8,16H2,1-3H3,(H,27,31)(H,28,30). The van der Waals surface area contributed by atoms with E-state index in [4.69, 9.17) is 0 Å². The Morgan fingerprint density at radius 1 is 1.03 bits per heavy atom. The second-order valence-electron chi connectivity index (χ2n) is 8.81. The molecule has 0 saturated heterocycles. The van der Waals surface area contributed by atoms with Crippen LogP contribution in [0.3, 0.4) is 0 Å². The van der Waals surface area contributed by atoms with Gasteiger partial charge in [0.1, 0.15) is 0 Å². The van der Waals surface area contributed by atoms with Crippen LogP contribution >= 0.6 is 0 Å². The molecule has 2 amide bonds. The van der Waals surface area contributed by atoms with Crippen molar-refractivity contribution in [3.63, 3.8) is 0 Å². The van der Waals surface area contributed by atoms with Gasteiger partial charge in [0.25, 0.3) is 5.56 Å². The maximum Gasteiger partial charge on any atom is 0.322 e. The molecule has 0 aliphatic heterocycles. The summed E-state index contributed by atoms with van der Waals surface area (Å²) >= 11 is 0. The number of carbonyl (C=O) groups excluding carboxylic acids is 1. The van der Waals surface area contributed by atoms with Crippen molar-refractivity contribution in [1.82, 2.24) is 9.88 Å². The fourth-order valence-electron chi connectivity index (χ4n) is 4.46. The summed E-state index contributed by atoms with van der Waals surface area (Å²) in [5, 5.41) is 4.03. The highest BCUT2D eigenvalue weighted by Crippen LogP contribution is 2.26. The highest BCUT2D eigenvalue weighted by Gasteiger charge is 2.26. The smallest absolute Gasteiger partial charge is 0.321 e. The number of H-pyrrole nitrogens is 1. The molecule has 3 aromatic rings. The van der Waals surface area contributed by atoms with Gasteiger partial charge in [0.15, 0.2) is 0 Å². The number of benzene rings is 2. The van der Waals surface area contributed by atoms with Crippen LogP contribution in [-0.4, -0.2) is 22.0 Å². The van der Waals surface area contributed by atoms with Crippen LogP contribution in [0.1, 0.15) is 54.4 Å². The van der Waals surface area contributed by atoms with Gasteiger partial charge < -0.3 is 15.2 Å². The van der Waals surface area contributed by atoms with Crippen LogP contribution in [0, 0.1) is 20.8 Å². The fraction of sp³-hybridized carbons (Fsp3) is 0.385. The van der Waals surface area contributed by atoms with Crippen molar-refractivity contribution < 1.29 is 4.79 Å². The predicted molar refractivity (Wildman–Crippen MR) is 127 cm³/mol. The van der Waals surface area contributed by atoms with Crippen molar-refractivity contribution in [3.05, 3.63) is 75.1 Å². The minimum atomic E-state index is -0.143. The Bertz CT molecular complexity index is 1140. The van der Waals surface area contributed by atoms with Crippen LogP contribution in [0.5, 0.6) is 0 Å². The summed E-state index contributed by atoms with van der Waals surface area (Å²) in [6.07, 6.45) is 5.40. The van der Waals surface area contributed by atoms with E-state index in [0.29, 0.717) is 12.1 Å². The molecule has 1 fully saturated rings. The largest absolute Gasteiger partial charge is 0.322 e. The molecular formula is C26H31N3O2. The van der Waals surface area contributed by atoms with Gasteiger partial charge in [-0.1, -0.05) is 49.1 Å². The van der Waals surface area contributed by atoms with E-state index in [0.717, 1.165) is 59.0 Å². The maximum absolute atomic E-state index is 13.3. The molecule has 31 heavy (non-hydrogen) atoms. The summed E-state index contributed by atoms with van der Waals surface area (Å²) in [5.74, 6) is 0. The average molecular weight is 418 g/mol. The average Bonchev–Trinajstić information content (AvgIpc) is 2.77. The molecule has 0 unspecified atom stereocenters. The quantitative estimate of drug-likeness (QED) is 0.562. The zero-order valence-corrected chi connectivity index (χ0v) is 18.6. The van der Waals surface area contributed by atoms with Gasteiger partial charge in [0.05, 0.1) is 12.1 Å². The molecule has 1 saturated carbocycles. The number of hydrogen-bond donors (Lipinski definition) is 2. The van der Waals surface area contributed by atoms with E-state index in [1.54, 1.807) is 0 Å². The number of rotatable bonds is 4. The van der Waals surface area contributed by atoms with Crippen LogP contribution in [0.4, 0.5) is 10.5 Å². The number of fused-ring (bicyclic) bond motifs is 1. The number of hydrogen-bond acceptors (Lipinski definition) is 2. The summed E-state index contributed by atoms with van der Waals surface area (Å²) < 4.78 is 0. The highest BCUT2D eigenvalue weighted by atomic mass is 16.2. The van der Waals surface area contributed by atoms with Crippen molar-refractivity contribution in [3.8, 4) is 0 Å². The summed E-state index contributed by atoms with van der Waals surface area (Å²) in [6.45, 7) is 6.40. The second kappa shape index (κ2) is 8.96. The fourth-order valence-corrected chi connectivity index (χ4v) is 4.46. The lowest BCUT2D eigenvalue weighted by molar-refractivity contribution is 0.162. The monoisotopic (exact) mass is 417 g/mol. The first kappa shape index (κ1) is 21.2. The van der Waals surface area contributed by atoms with E-state index in [1.165, 1.54) is 6.42 Å². The van der Waals surface area contributed by atoms with E-state index in [1.807, 2.05) is 62.1 Å². The van der Waals surface area contributed by atoms with Gasteiger partial charge in [-0.15, -0.1) is 0 Å². The first-order valence-corrected chi connectivity index (χ1v) is 11.2. The van der Waals surface area contributed by atoms with Gasteiger partial charge in [-0.3, -0.25) is 4.79 Å². The number of nitrogens with zero attached hydrogens (tertiary/aromatic N) is 1. The number of aryl methyl sites for hydroxylation is 3. The molecule has 162 valence electrons. The van der Waals surface area contributed by atoms with Gasteiger partial charge >= 0.3 is 6.03 Å². The number of nitrogens with one attached hydrogen (secondary N) is 2. The first-order valence-electron chi connectivity index (χ1n) is 11.2. The molecule has 0 atom stereocenters. The Labute approximate surface area is 183 Å². The van der Waals surface area contributed by atoms with Crippen LogP contribution < -0.4 is 10.9 Å². The van der Waals surface area contributed by atoms with E-state index >= 15 is 0 Å². The lowest BCUT2D eigenvalue weighted by Crippen LogP contribution is -2.44. The molecule has 2 aromatic carbocycles. The molecule has 1 aromatic heterocycles. The minimum absolute atomic E-state index is 0.120. The zero-order chi connectivity index (χ0) is 22.0. The Kier molecular flexibility index (Phi) is 6.12. The van der Waals surface area contributed by atoms with Crippen molar-refractivity contribution >= 4 is 22.6 Å². The summed E-state index contributed by atoms with van der Waals surface area (Å²) in [7, 11) is 0. The molecule has 5 heteroatoms. The molecule has 0 bridgehead atoms. The molecule has 0 spiro atoms. The zero-order valence-electron chi connectivity index (χ0n) is 18.6. The lowest BCUT2D eigenvalue weighted by atomic mass is 9.94. The molecule has 1 aliphatic carbocycles. The molecule has 1 aliphatic rings.